The lowest BCUT2D eigenvalue weighted by atomic mass is 10.1. The first kappa shape index (κ1) is 19.2. The number of ether oxygens (including phenoxy) is 2. The van der Waals surface area contributed by atoms with E-state index in [1.54, 1.807) is 19.2 Å². The summed E-state index contributed by atoms with van der Waals surface area (Å²) in [6.07, 6.45) is 0.895. The van der Waals surface area contributed by atoms with Crippen LogP contribution in [0.4, 0.5) is 0 Å². The minimum absolute atomic E-state index is 0.295. The molecule has 3 rings (SSSR count). The summed E-state index contributed by atoms with van der Waals surface area (Å²) in [5.41, 5.74) is 0.565. The molecular formula is C20H21N3O5. The van der Waals surface area contributed by atoms with E-state index >= 15 is 0 Å². The molecule has 146 valence electrons. The van der Waals surface area contributed by atoms with Crippen LogP contribution in [-0.2, 0) is 6.54 Å². The zero-order chi connectivity index (χ0) is 20.1. The first-order valence-electron chi connectivity index (χ1n) is 8.86. The van der Waals surface area contributed by atoms with Crippen LogP contribution in [0.25, 0.3) is 11.0 Å². The zero-order valence-corrected chi connectivity index (χ0v) is 15.6. The van der Waals surface area contributed by atoms with Gasteiger partial charge in [0.2, 0.25) is 0 Å². The molecule has 0 radical (unpaired) electrons. The van der Waals surface area contributed by atoms with Crippen LogP contribution in [0, 0.1) is 0 Å². The number of carbonyl (C=O) groups excluding carboxylic acids is 1. The average Bonchev–Trinajstić information content (AvgIpc) is 2.71. The molecule has 0 unspecified atom stereocenters. The van der Waals surface area contributed by atoms with Crippen molar-refractivity contribution in [2.45, 2.75) is 19.9 Å². The van der Waals surface area contributed by atoms with Crippen LogP contribution in [0.2, 0.25) is 0 Å². The predicted molar refractivity (Wildman–Crippen MR) is 105 cm³/mol. The molecule has 1 heterocycles. The molecule has 1 amide bonds. The number of methoxy groups -OCH3 is 1. The zero-order valence-electron chi connectivity index (χ0n) is 15.6. The minimum atomic E-state index is -0.762. The second-order valence-corrected chi connectivity index (χ2v) is 6.18. The van der Waals surface area contributed by atoms with Gasteiger partial charge in [-0.1, -0.05) is 13.0 Å². The third-order valence-corrected chi connectivity index (χ3v) is 4.13. The highest BCUT2D eigenvalue weighted by Gasteiger charge is 2.10. The fourth-order valence-corrected chi connectivity index (χ4v) is 2.69. The van der Waals surface area contributed by atoms with Gasteiger partial charge < -0.3 is 24.8 Å². The van der Waals surface area contributed by atoms with Gasteiger partial charge >= 0.3 is 11.1 Å². The number of hydrogen-bond donors (Lipinski definition) is 3. The van der Waals surface area contributed by atoms with E-state index in [1.807, 2.05) is 25.1 Å². The Balaban J connectivity index is 1.73. The summed E-state index contributed by atoms with van der Waals surface area (Å²) in [7, 11) is 1.57. The number of amides is 1. The third kappa shape index (κ3) is 4.22. The molecule has 3 aromatic rings. The Kier molecular flexibility index (Phi) is 5.78. The van der Waals surface area contributed by atoms with Crippen LogP contribution in [0.1, 0.15) is 29.3 Å². The minimum Gasteiger partial charge on any atom is -0.493 e. The Morgan fingerprint density at radius 1 is 1.00 bits per heavy atom. The highest BCUT2D eigenvalue weighted by molar-refractivity contribution is 5.97. The van der Waals surface area contributed by atoms with Gasteiger partial charge in [0.05, 0.1) is 24.8 Å². The van der Waals surface area contributed by atoms with Crippen molar-refractivity contribution in [2.75, 3.05) is 13.7 Å². The van der Waals surface area contributed by atoms with E-state index in [0.29, 0.717) is 41.2 Å². The van der Waals surface area contributed by atoms with Crippen LogP contribution in [0.3, 0.4) is 0 Å². The van der Waals surface area contributed by atoms with Crippen molar-refractivity contribution >= 4 is 16.9 Å². The molecule has 8 nitrogen and oxygen atoms in total. The largest absolute Gasteiger partial charge is 0.493 e. The number of rotatable bonds is 7. The standard InChI is InChI=1S/C20H21N3O5/c1-3-8-28-16-7-4-12(9-17(16)27-2)11-21-18(24)13-5-6-14-15(10-13)23-20(26)19(25)22-14/h4-7,9-10H,3,8,11H2,1-2H3,(H,21,24)(H,22,25)(H,23,26). The molecule has 0 bridgehead atoms. The maximum Gasteiger partial charge on any atom is 0.314 e. The van der Waals surface area contributed by atoms with E-state index in [4.69, 9.17) is 9.47 Å². The van der Waals surface area contributed by atoms with Crippen molar-refractivity contribution in [3.8, 4) is 11.5 Å². The Hall–Kier alpha value is -3.55. The SMILES string of the molecule is CCCOc1ccc(CNC(=O)c2ccc3[nH]c(=O)c(=O)[nH]c3c2)cc1OC. The lowest BCUT2D eigenvalue weighted by Crippen LogP contribution is -2.29. The maximum absolute atomic E-state index is 12.4. The van der Waals surface area contributed by atoms with Crippen molar-refractivity contribution < 1.29 is 14.3 Å². The second kappa shape index (κ2) is 8.43. The Labute approximate surface area is 160 Å². The number of aromatic nitrogens is 2. The smallest absolute Gasteiger partial charge is 0.314 e. The molecule has 0 saturated carbocycles. The number of fused-ring (bicyclic) bond motifs is 1. The first-order valence-corrected chi connectivity index (χ1v) is 8.86. The summed E-state index contributed by atoms with van der Waals surface area (Å²) in [6.45, 7) is 2.92. The van der Waals surface area contributed by atoms with Gasteiger partial charge in [-0.25, -0.2) is 0 Å². The molecule has 0 aliphatic carbocycles. The Morgan fingerprint density at radius 3 is 2.46 bits per heavy atom. The quantitative estimate of drug-likeness (QED) is 0.540. The Morgan fingerprint density at radius 2 is 1.75 bits per heavy atom. The van der Waals surface area contributed by atoms with Crippen molar-refractivity contribution in [1.82, 2.24) is 15.3 Å². The van der Waals surface area contributed by atoms with E-state index in [-0.39, 0.29) is 5.91 Å². The number of nitrogens with one attached hydrogen (secondary N) is 3. The number of aromatic amines is 2. The summed E-state index contributed by atoms with van der Waals surface area (Å²) in [5, 5.41) is 2.82. The van der Waals surface area contributed by atoms with Gasteiger partial charge in [0.15, 0.2) is 11.5 Å². The van der Waals surface area contributed by atoms with E-state index in [2.05, 4.69) is 15.3 Å². The molecule has 0 aliphatic rings. The third-order valence-electron chi connectivity index (χ3n) is 4.13. The topological polar surface area (TPSA) is 113 Å². The summed E-state index contributed by atoms with van der Waals surface area (Å²) in [4.78, 5) is 40.2. The molecule has 2 aromatic carbocycles. The van der Waals surface area contributed by atoms with E-state index in [9.17, 15) is 14.4 Å². The van der Waals surface area contributed by atoms with Gasteiger partial charge in [-0.3, -0.25) is 14.4 Å². The second-order valence-electron chi connectivity index (χ2n) is 6.18. The molecule has 0 aliphatic heterocycles. The van der Waals surface area contributed by atoms with Crippen LogP contribution in [0.5, 0.6) is 11.5 Å². The van der Waals surface area contributed by atoms with Crippen LogP contribution >= 0.6 is 0 Å². The van der Waals surface area contributed by atoms with Crippen LogP contribution < -0.4 is 25.9 Å². The number of carbonyl (C=O) groups is 1. The van der Waals surface area contributed by atoms with Gasteiger partial charge in [-0.15, -0.1) is 0 Å². The molecule has 3 N–H and O–H groups in total. The van der Waals surface area contributed by atoms with E-state index < -0.39 is 11.1 Å². The summed E-state index contributed by atoms with van der Waals surface area (Å²) < 4.78 is 11.0. The lowest BCUT2D eigenvalue weighted by molar-refractivity contribution is 0.0951. The fourth-order valence-electron chi connectivity index (χ4n) is 2.69. The van der Waals surface area contributed by atoms with E-state index in [0.717, 1.165) is 12.0 Å². The summed E-state index contributed by atoms with van der Waals surface area (Å²) >= 11 is 0. The van der Waals surface area contributed by atoms with Crippen molar-refractivity contribution in [3.63, 3.8) is 0 Å². The highest BCUT2D eigenvalue weighted by atomic mass is 16.5. The summed E-state index contributed by atoms with van der Waals surface area (Å²) in [6, 6.07) is 10.2. The molecule has 28 heavy (non-hydrogen) atoms. The van der Waals surface area contributed by atoms with Gasteiger partial charge in [0.25, 0.3) is 5.91 Å². The van der Waals surface area contributed by atoms with Crippen LogP contribution in [-0.4, -0.2) is 29.6 Å². The summed E-state index contributed by atoms with van der Waals surface area (Å²) in [5.74, 6) is 0.957. The first-order chi connectivity index (χ1) is 13.5. The molecule has 0 spiro atoms. The highest BCUT2D eigenvalue weighted by Crippen LogP contribution is 2.28. The fraction of sp³-hybridized carbons (Fsp3) is 0.250. The van der Waals surface area contributed by atoms with Crippen molar-refractivity contribution in [3.05, 3.63) is 68.2 Å². The average molecular weight is 383 g/mol. The van der Waals surface area contributed by atoms with Crippen LogP contribution in [0.15, 0.2) is 46.0 Å². The van der Waals surface area contributed by atoms with Gasteiger partial charge in [0, 0.05) is 12.1 Å². The van der Waals surface area contributed by atoms with Gasteiger partial charge in [-0.05, 0) is 42.3 Å². The molecule has 0 atom stereocenters. The molecule has 0 fully saturated rings. The van der Waals surface area contributed by atoms with Crippen molar-refractivity contribution in [2.24, 2.45) is 0 Å². The molecule has 8 heteroatoms. The maximum atomic E-state index is 12.4. The molecule has 1 aromatic heterocycles. The molecule has 0 saturated heterocycles. The lowest BCUT2D eigenvalue weighted by Gasteiger charge is -2.12. The Bertz CT molecular complexity index is 1120. The van der Waals surface area contributed by atoms with Gasteiger partial charge in [-0.2, -0.15) is 0 Å². The van der Waals surface area contributed by atoms with Crippen molar-refractivity contribution in [1.29, 1.82) is 0 Å². The normalized spacial score (nSPS) is 10.6. The number of benzene rings is 2. The number of hydrogen-bond acceptors (Lipinski definition) is 5. The molecular weight excluding hydrogens is 362 g/mol. The van der Waals surface area contributed by atoms with E-state index in [1.165, 1.54) is 6.07 Å². The van der Waals surface area contributed by atoms with Gasteiger partial charge in [0.1, 0.15) is 0 Å². The monoisotopic (exact) mass is 383 g/mol. The predicted octanol–water partition coefficient (Wildman–Crippen LogP) is 1.94. The number of H-pyrrole nitrogens is 2.